The number of aromatic nitrogens is 1. The van der Waals surface area contributed by atoms with Gasteiger partial charge in [0.05, 0.1) is 13.1 Å². The summed E-state index contributed by atoms with van der Waals surface area (Å²) in [7, 11) is 1.66. The van der Waals surface area contributed by atoms with Gasteiger partial charge in [0.15, 0.2) is 5.96 Å². The third-order valence-electron chi connectivity index (χ3n) is 3.89. The smallest absolute Gasteiger partial charge is 0.250 e. The Bertz CT molecular complexity index is 863. The number of pyridine rings is 1. The molecule has 2 aromatic rings. The molecule has 1 aromatic carbocycles. The molecule has 0 aliphatic heterocycles. The number of carbonyl (C=O) groups excluding carboxylic acids is 1. The minimum absolute atomic E-state index is 0.0152. The van der Waals surface area contributed by atoms with Crippen molar-refractivity contribution >= 4 is 11.9 Å². The van der Waals surface area contributed by atoms with Gasteiger partial charge in [-0.1, -0.05) is 30.3 Å². The molecule has 0 fully saturated rings. The van der Waals surface area contributed by atoms with Crippen LogP contribution in [-0.2, 0) is 17.9 Å². The summed E-state index contributed by atoms with van der Waals surface area (Å²) < 4.78 is 1.67. The highest BCUT2D eigenvalue weighted by Gasteiger charge is 2.13. The van der Waals surface area contributed by atoms with Crippen molar-refractivity contribution in [1.82, 2.24) is 20.5 Å². The molecule has 1 aromatic heterocycles. The quantitative estimate of drug-likeness (QED) is 0.521. The Morgan fingerprint density at radius 3 is 2.32 bits per heavy atom. The van der Waals surface area contributed by atoms with Crippen molar-refractivity contribution in [2.45, 2.75) is 39.4 Å². The van der Waals surface area contributed by atoms with Crippen LogP contribution in [0.5, 0.6) is 0 Å². The molecule has 150 valence electrons. The predicted octanol–water partition coefficient (Wildman–Crippen LogP) is 1.48. The second kappa shape index (κ2) is 9.73. The largest absolute Gasteiger partial charge is 0.352 e. The maximum absolute atomic E-state index is 11.9. The zero-order valence-electron chi connectivity index (χ0n) is 17.0. The number of amides is 1. The van der Waals surface area contributed by atoms with E-state index in [1.165, 1.54) is 0 Å². The first kappa shape index (κ1) is 21.2. The second-order valence-corrected chi connectivity index (χ2v) is 7.56. The van der Waals surface area contributed by atoms with E-state index in [0.717, 1.165) is 11.1 Å². The van der Waals surface area contributed by atoms with Crippen LogP contribution in [0.25, 0.3) is 0 Å². The zero-order valence-corrected chi connectivity index (χ0v) is 17.0. The summed E-state index contributed by atoms with van der Waals surface area (Å²) in [4.78, 5) is 27.8. The molecule has 0 atom stereocenters. The molecule has 0 bridgehead atoms. The molecular weight excluding hydrogens is 354 g/mol. The summed E-state index contributed by atoms with van der Waals surface area (Å²) in [5.74, 6) is 0.472. The van der Waals surface area contributed by atoms with E-state index in [4.69, 9.17) is 0 Å². The molecule has 7 nitrogen and oxygen atoms in total. The summed E-state index contributed by atoms with van der Waals surface area (Å²) in [5.41, 5.74) is 1.85. The van der Waals surface area contributed by atoms with Crippen molar-refractivity contribution in [1.29, 1.82) is 0 Å². The summed E-state index contributed by atoms with van der Waals surface area (Å²) in [5, 5.41) is 9.08. The Labute approximate surface area is 165 Å². The topological polar surface area (TPSA) is 87.5 Å². The number of benzene rings is 1. The SMILES string of the molecule is CN=C(NCC(=O)NC(C)(C)C)NCc1ccc(Cn2ccccc2=O)cc1. The van der Waals surface area contributed by atoms with Gasteiger partial charge in [-0.2, -0.15) is 0 Å². The van der Waals surface area contributed by atoms with E-state index in [1.54, 1.807) is 29.9 Å². The molecule has 0 aliphatic rings. The van der Waals surface area contributed by atoms with E-state index >= 15 is 0 Å². The summed E-state index contributed by atoms with van der Waals surface area (Å²) in [6.07, 6.45) is 1.78. The van der Waals surface area contributed by atoms with Crippen LogP contribution in [0.1, 0.15) is 31.9 Å². The predicted molar refractivity (Wildman–Crippen MR) is 112 cm³/mol. The molecule has 1 heterocycles. The number of nitrogens with one attached hydrogen (secondary N) is 3. The Hall–Kier alpha value is -3.09. The van der Waals surface area contributed by atoms with Crippen molar-refractivity contribution in [2.24, 2.45) is 4.99 Å². The molecule has 0 saturated carbocycles. The summed E-state index contributed by atoms with van der Waals surface area (Å²) in [6, 6.07) is 13.2. The lowest BCUT2D eigenvalue weighted by atomic mass is 10.1. The van der Waals surface area contributed by atoms with E-state index in [-0.39, 0.29) is 23.6 Å². The molecule has 0 aliphatic carbocycles. The van der Waals surface area contributed by atoms with Gasteiger partial charge in [-0.3, -0.25) is 14.6 Å². The van der Waals surface area contributed by atoms with Crippen LogP contribution < -0.4 is 21.5 Å². The van der Waals surface area contributed by atoms with Gasteiger partial charge in [0.25, 0.3) is 5.56 Å². The summed E-state index contributed by atoms with van der Waals surface area (Å²) >= 11 is 0. The number of carbonyl (C=O) groups is 1. The fourth-order valence-electron chi connectivity index (χ4n) is 2.58. The molecule has 0 radical (unpaired) electrons. The summed E-state index contributed by atoms with van der Waals surface area (Å²) in [6.45, 7) is 7.09. The van der Waals surface area contributed by atoms with Gasteiger partial charge in [-0.25, -0.2) is 0 Å². The highest BCUT2D eigenvalue weighted by molar-refractivity contribution is 5.86. The van der Waals surface area contributed by atoms with Crippen LogP contribution in [0.2, 0.25) is 0 Å². The fraction of sp³-hybridized carbons (Fsp3) is 0.381. The van der Waals surface area contributed by atoms with Gasteiger partial charge in [0.1, 0.15) is 0 Å². The standard InChI is InChI=1S/C21H29N5O2/c1-21(2,3)25-18(27)14-24-20(22-4)23-13-16-8-10-17(11-9-16)15-26-12-6-5-7-19(26)28/h5-12H,13-15H2,1-4H3,(H,25,27)(H2,22,23,24). The van der Waals surface area contributed by atoms with Gasteiger partial charge in [-0.15, -0.1) is 0 Å². The van der Waals surface area contributed by atoms with E-state index in [0.29, 0.717) is 19.0 Å². The molecule has 1 amide bonds. The highest BCUT2D eigenvalue weighted by Crippen LogP contribution is 2.05. The molecule has 0 saturated heterocycles. The monoisotopic (exact) mass is 383 g/mol. The first-order chi connectivity index (χ1) is 13.3. The van der Waals surface area contributed by atoms with Crippen LogP contribution in [0.15, 0.2) is 58.4 Å². The molecule has 2 rings (SSSR count). The molecule has 7 heteroatoms. The Kier molecular flexibility index (Phi) is 7.37. The highest BCUT2D eigenvalue weighted by atomic mass is 16.2. The Balaban J connectivity index is 1.84. The van der Waals surface area contributed by atoms with E-state index in [2.05, 4.69) is 20.9 Å². The molecule has 0 spiro atoms. The van der Waals surface area contributed by atoms with E-state index in [9.17, 15) is 9.59 Å². The second-order valence-electron chi connectivity index (χ2n) is 7.56. The Morgan fingerprint density at radius 1 is 1.04 bits per heavy atom. The lowest BCUT2D eigenvalue weighted by Crippen LogP contribution is -2.48. The average Bonchev–Trinajstić information content (AvgIpc) is 2.63. The van der Waals surface area contributed by atoms with Crippen LogP contribution in [0.3, 0.4) is 0 Å². The van der Waals surface area contributed by atoms with Crippen molar-refractivity contribution in [2.75, 3.05) is 13.6 Å². The minimum atomic E-state index is -0.262. The molecular formula is C21H29N5O2. The Morgan fingerprint density at radius 2 is 1.71 bits per heavy atom. The number of hydrogen-bond acceptors (Lipinski definition) is 3. The maximum Gasteiger partial charge on any atom is 0.250 e. The van der Waals surface area contributed by atoms with Crippen molar-refractivity contribution in [3.63, 3.8) is 0 Å². The number of hydrogen-bond donors (Lipinski definition) is 3. The number of aliphatic imine (C=N–C) groups is 1. The third kappa shape index (κ3) is 7.26. The van der Waals surface area contributed by atoms with Crippen LogP contribution in [0.4, 0.5) is 0 Å². The van der Waals surface area contributed by atoms with Gasteiger partial charge < -0.3 is 20.5 Å². The number of guanidine groups is 1. The van der Waals surface area contributed by atoms with Crippen molar-refractivity contribution < 1.29 is 4.79 Å². The van der Waals surface area contributed by atoms with Crippen LogP contribution in [-0.4, -0.2) is 35.6 Å². The van der Waals surface area contributed by atoms with Gasteiger partial charge >= 0.3 is 0 Å². The third-order valence-corrected chi connectivity index (χ3v) is 3.89. The maximum atomic E-state index is 11.9. The van der Waals surface area contributed by atoms with E-state index < -0.39 is 0 Å². The van der Waals surface area contributed by atoms with Gasteiger partial charge in [-0.05, 0) is 38.0 Å². The zero-order chi connectivity index (χ0) is 20.6. The van der Waals surface area contributed by atoms with Crippen molar-refractivity contribution in [3.8, 4) is 0 Å². The van der Waals surface area contributed by atoms with Crippen LogP contribution in [0, 0.1) is 0 Å². The van der Waals surface area contributed by atoms with Gasteiger partial charge in [0.2, 0.25) is 5.91 Å². The normalized spacial score (nSPS) is 11.8. The lowest BCUT2D eigenvalue weighted by Gasteiger charge is -2.21. The van der Waals surface area contributed by atoms with E-state index in [1.807, 2.05) is 51.1 Å². The lowest BCUT2D eigenvalue weighted by molar-refractivity contribution is -0.121. The average molecular weight is 383 g/mol. The molecule has 3 N–H and O–H groups in total. The number of nitrogens with zero attached hydrogens (tertiary/aromatic N) is 2. The number of rotatable bonds is 6. The molecule has 0 unspecified atom stereocenters. The minimum Gasteiger partial charge on any atom is -0.352 e. The van der Waals surface area contributed by atoms with Crippen LogP contribution >= 0.6 is 0 Å². The van der Waals surface area contributed by atoms with Gasteiger partial charge in [0, 0.05) is 31.4 Å². The fourth-order valence-corrected chi connectivity index (χ4v) is 2.58. The first-order valence-corrected chi connectivity index (χ1v) is 9.25. The molecule has 28 heavy (non-hydrogen) atoms. The van der Waals surface area contributed by atoms with Crippen molar-refractivity contribution in [3.05, 3.63) is 70.1 Å². The first-order valence-electron chi connectivity index (χ1n) is 9.25.